The first-order valence-electron chi connectivity index (χ1n) is 8.73. The molecule has 0 spiro atoms. The number of methoxy groups -OCH3 is 2. The molecule has 0 amide bonds. The van der Waals surface area contributed by atoms with Gasteiger partial charge in [0.2, 0.25) is 0 Å². The van der Waals surface area contributed by atoms with Crippen LogP contribution in [0.4, 0.5) is 0 Å². The minimum atomic E-state index is -0.929. The normalized spacial score (nSPS) is 10.8. The van der Waals surface area contributed by atoms with E-state index < -0.39 is 13.9 Å². The van der Waals surface area contributed by atoms with Gasteiger partial charge in [-0.25, -0.2) is 4.79 Å². The van der Waals surface area contributed by atoms with Crippen LogP contribution in [0.1, 0.15) is 0 Å². The van der Waals surface area contributed by atoms with Crippen molar-refractivity contribution in [3.63, 3.8) is 0 Å². The smallest absolute Gasteiger partial charge is 0.333 e. The van der Waals surface area contributed by atoms with E-state index in [1.54, 1.807) is 7.11 Å². The molecule has 0 unspecified atom stereocenters. The quantitative estimate of drug-likeness (QED) is 0.267. The fraction of sp³-hybridized carbons (Fsp3) is 0.0870. The Balaban J connectivity index is 2.13. The molecule has 3 aromatic rings. The minimum absolute atomic E-state index is 0.474. The van der Waals surface area contributed by atoms with Gasteiger partial charge in [0.05, 0.1) is 31.9 Å². The van der Waals surface area contributed by atoms with Gasteiger partial charge in [-0.3, -0.25) is 0 Å². The summed E-state index contributed by atoms with van der Waals surface area (Å²) in [4.78, 5) is 11.4. The highest BCUT2D eigenvalue weighted by molar-refractivity contribution is 7.80. The van der Waals surface area contributed by atoms with Gasteiger partial charge in [-0.2, -0.15) is 0 Å². The van der Waals surface area contributed by atoms with Crippen LogP contribution in [0, 0.1) is 0 Å². The second kappa shape index (κ2) is 9.72. The maximum Gasteiger partial charge on any atom is 0.333 e. The molecule has 0 bridgehead atoms. The van der Waals surface area contributed by atoms with Gasteiger partial charge in [-0.1, -0.05) is 66.7 Å². The molecule has 3 aromatic carbocycles. The number of esters is 1. The van der Waals surface area contributed by atoms with Crippen LogP contribution >= 0.6 is 7.92 Å². The molecule has 4 nitrogen and oxygen atoms in total. The fourth-order valence-corrected chi connectivity index (χ4v) is 5.26. The zero-order chi connectivity index (χ0) is 19.8. The zero-order valence-corrected chi connectivity index (χ0v) is 16.6. The Morgan fingerprint density at radius 1 is 0.786 bits per heavy atom. The van der Waals surface area contributed by atoms with Crippen molar-refractivity contribution in [1.82, 2.24) is 0 Å². The van der Waals surface area contributed by atoms with Crippen molar-refractivity contribution in [3.05, 3.63) is 91.2 Å². The molecule has 0 N–H and O–H groups in total. The molecule has 0 heterocycles. The van der Waals surface area contributed by atoms with Crippen LogP contribution in [0.25, 0.3) is 0 Å². The van der Waals surface area contributed by atoms with Crippen molar-refractivity contribution in [3.8, 4) is 11.5 Å². The van der Waals surface area contributed by atoms with Crippen LogP contribution in [0.15, 0.2) is 91.2 Å². The van der Waals surface area contributed by atoms with Crippen LogP contribution in [-0.4, -0.2) is 20.2 Å². The molecule has 0 fully saturated rings. The zero-order valence-electron chi connectivity index (χ0n) is 15.7. The number of hydrogen-bond acceptors (Lipinski definition) is 4. The first kappa shape index (κ1) is 19.7. The molecular weight excluding hydrogens is 371 g/mol. The predicted octanol–water partition coefficient (Wildman–Crippen LogP) is 3.52. The van der Waals surface area contributed by atoms with Gasteiger partial charge in [0, 0.05) is 0 Å². The third-order valence-corrected chi connectivity index (χ3v) is 6.55. The Kier molecular flexibility index (Phi) is 6.83. The maximum atomic E-state index is 11.4. The molecule has 0 aliphatic rings. The summed E-state index contributed by atoms with van der Waals surface area (Å²) < 4.78 is 16.1. The molecular formula is C23H21O4P. The number of carbonyl (C=O) groups excluding carboxylic acids is 1. The van der Waals surface area contributed by atoms with Gasteiger partial charge < -0.3 is 14.2 Å². The van der Waals surface area contributed by atoms with Gasteiger partial charge in [0.25, 0.3) is 0 Å². The molecule has 0 saturated carbocycles. The maximum absolute atomic E-state index is 11.4. The summed E-state index contributed by atoms with van der Waals surface area (Å²) >= 11 is 0. The number of carbonyl (C=O) groups is 1. The second-order valence-electron chi connectivity index (χ2n) is 5.76. The van der Waals surface area contributed by atoms with E-state index in [-0.39, 0.29) is 0 Å². The summed E-state index contributed by atoms with van der Waals surface area (Å²) in [6.07, 6.45) is 2.59. The van der Waals surface area contributed by atoms with Crippen LogP contribution in [-0.2, 0) is 9.53 Å². The van der Waals surface area contributed by atoms with Gasteiger partial charge in [0.15, 0.2) is 0 Å². The highest BCUT2D eigenvalue weighted by Crippen LogP contribution is 2.40. The number of benzene rings is 3. The van der Waals surface area contributed by atoms with Crippen molar-refractivity contribution >= 4 is 29.8 Å². The monoisotopic (exact) mass is 392 g/mol. The average molecular weight is 392 g/mol. The van der Waals surface area contributed by atoms with Crippen LogP contribution in [0.3, 0.4) is 0 Å². The number of hydrogen-bond donors (Lipinski definition) is 0. The molecule has 0 aliphatic heterocycles. The molecule has 0 aliphatic carbocycles. The van der Waals surface area contributed by atoms with E-state index in [4.69, 9.17) is 9.47 Å². The summed E-state index contributed by atoms with van der Waals surface area (Å²) in [6, 6.07) is 26.2. The van der Waals surface area contributed by atoms with Crippen molar-refractivity contribution in [2.75, 3.05) is 14.2 Å². The minimum Gasteiger partial charge on any atom is -0.496 e. The first-order chi connectivity index (χ1) is 13.7. The van der Waals surface area contributed by atoms with Gasteiger partial charge >= 0.3 is 5.97 Å². The Morgan fingerprint density at radius 2 is 1.36 bits per heavy atom. The lowest BCUT2D eigenvalue weighted by Gasteiger charge is -2.23. The number of ether oxygens (including phenoxy) is 3. The van der Waals surface area contributed by atoms with Crippen LogP contribution in [0.5, 0.6) is 11.5 Å². The van der Waals surface area contributed by atoms with E-state index in [9.17, 15) is 4.79 Å². The van der Waals surface area contributed by atoms with E-state index in [2.05, 4.69) is 29.0 Å². The van der Waals surface area contributed by atoms with Crippen molar-refractivity contribution < 1.29 is 19.0 Å². The summed E-state index contributed by atoms with van der Waals surface area (Å²) in [5, 5.41) is 3.30. The fourth-order valence-electron chi connectivity index (χ4n) is 2.77. The SMILES string of the molecule is COC(=O)/C=C/Oc1cccc(OC)c1P(c1ccccc1)c1ccccc1. The average Bonchev–Trinajstić information content (AvgIpc) is 2.76. The third-order valence-electron chi connectivity index (χ3n) is 4.03. The van der Waals surface area contributed by atoms with Crippen LogP contribution < -0.4 is 25.4 Å². The molecule has 0 atom stereocenters. The van der Waals surface area contributed by atoms with Crippen LogP contribution in [0.2, 0.25) is 0 Å². The molecule has 3 rings (SSSR count). The molecule has 0 saturated heterocycles. The lowest BCUT2D eigenvalue weighted by atomic mass is 10.3. The summed E-state index contributed by atoms with van der Waals surface area (Å²) in [7, 11) is 2.05. The van der Waals surface area contributed by atoms with E-state index >= 15 is 0 Å². The predicted molar refractivity (Wildman–Crippen MR) is 113 cm³/mol. The first-order valence-corrected chi connectivity index (χ1v) is 10.1. The van der Waals surface area contributed by atoms with Crippen molar-refractivity contribution in [1.29, 1.82) is 0 Å². The summed E-state index contributed by atoms with van der Waals surface area (Å²) in [6.45, 7) is 0. The van der Waals surface area contributed by atoms with E-state index in [0.29, 0.717) is 5.75 Å². The van der Waals surface area contributed by atoms with Crippen molar-refractivity contribution in [2.45, 2.75) is 0 Å². The second-order valence-corrected chi connectivity index (χ2v) is 7.91. The Bertz CT molecular complexity index is 900. The molecule has 142 valence electrons. The molecule has 5 heteroatoms. The highest BCUT2D eigenvalue weighted by atomic mass is 31.1. The Hall–Kier alpha value is -3.10. The topological polar surface area (TPSA) is 44.8 Å². The lowest BCUT2D eigenvalue weighted by Crippen LogP contribution is -2.23. The summed E-state index contributed by atoms with van der Waals surface area (Å²) in [5.41, 5.74) is 0. The molecule has 28 heavy (non-hydrogen) atoms. The van der Waals surface area contributed by atoms with Gasteiger partial charge in [-0.15, -0.1) is 0 Å². The molecule has 0 radical (unpaired) electrons. The Labute approximate surface area is 166 Å². The lowest BCUT2D eigenvalue weighted by molar-refractivity contribution is -0.134. The van der Waals surface area contributed by atoms with Gasteiger partial charge in [-0.05, 0) is 30.7 Å². The van der Waals surface area contributed by atoms with E-state index in [1.165, 1.54) is 30.1 Å². The highest BCUT2D eigenvalue weighted by Gasteiger charge is 2.24. The summed E-state index contributed by atoms with van der Waals surface area (Å²) in [5.74, 6) is 0.902. The van der Waals surface area contributed by atoms with Gasteiger partial charge in [0.1, 0.15) is 11.5 Å². The number of rotatable bonds is 7. The molecule has 0 aromatic heterocycles. The van der Waals surface area contributed by atoms with Crippen molar-refractivity contribution in [2.24, 2.45) is 0 Å². The Morgan fingerprint density at radius 3 is 1.89 bits per heavy atom. The largest absolute Gasteiger partial charge is 0.496 e. The van der Waals surface area contributed by atoms with E-state index in [1.807, 2.05) is 54.6 Å². The third kappa shape index (κ3) is 4.59. The standard InChI is InChI=1S/C23H21O4P/c1-25-20-14-9-15-21(27-17-16-22(24)26-2)23(20)28(18-10-5-3-6-11-18)19-12-7-4-8-13-19/h3-17H,1-2H3/b17-16+. The van der Waals surface area contributed by atoms with E-state index in [0.717, 1.165) is 11.1 Å².